The van der Waals surface area contributed by atoms with Crippen LogP contribution in [0.2, 0.25) is 0 Å². The van der Waals surface area contributed by atoms with E-state index in [1.807, 2.05) is 59.8 Å². The molecular weight excluding hydrogens is 458 g/mol. The molecule has 37 heavy (non-hydrogen) atoms. The van der Waals surface area contributed by atoms with Gasteiger partial charge >= 0.3 is 0 Å². The Morgan fingerprint density at radius 2 is 1.70 bits per heavy atom. The molecule has 1 saturated heterocycles. The molecule has 1 fully saturated rings. The molecule has 0 atom stereocenters. The first-order chi connectivity index (χ1) is 18.3. The topological polar surface area (TPSA) is 74.8 Å². The lowest BCUT2D eigenvalue weighted by Gasteiger charge is -2.32. The van der Waals surface area contributed by atoms with E-state index in [4.69, 9.17) is 4.98 Å². The van der Waals surface area contributed by atoms with Gasteiger partial charge < -0.3 is 9.88 Å². The predicted octanol–water partition coefficient (Wildman–Crippen LogP) is 6.03. The molecule has 0 unspecified atom stereocenters. The highest BCUT2D eigenvalue weighted by molar-refractivity contribution is 5.84. The number of nitrogens with one attached hydrogen (secondary N) is 1. The standard InChI is InChI=1S/C31H29N5O/c37-29(13-12-24-20-33-28-11-5-4-10-26(24)28)36-17-14-23(15-18-36)30-27(22-7-2-1-3-8-22)21-34-31(35-30)25-9-6-16-32-19-25/h1-11,16,19-21,23,33H,12-15,17-18H2. The fourth-order valence-corrected chi connectivity index (χ4v) is 5.32. The maximum absolute atomic E-state index is 13.1. The molecule has 1 aliphatic heterocycles. The third kappa shape index (κ3) is 4.87. The van der Waals surface area contributed by atoms with Crippen LogP contribution in [0.15, 0.2) is 91.5 Å². The Kier molecular flexibility index (Phi) is 6.46. The van der Waals surface area contributed by atoms with Gasteiger partial charge in [-0.25, -0.2) is 9.97 Å². The van der Waals surface area contributed by atoms with E-state index in [2.05, 4.69) is 39.2 Å². The monoisotopic (exact) mass is 487 g/mol. The highest BCUT2D eigenvalue weighted by Crippen LogP contribution is 2.35. The average Bonchev–Trinajstić information content (AvgIpc) is 3.40. The van der Waals surface area contributed by atoms with Crippen molar-refractivity contribution in [2.75, 3.05) is 13.1 Å². The summed E-state index contributed by atoms with van der Waals surface area (Å²) in [6.07, 6.45) is 10.6. The number of aromatic amines is 1. The molecule has 1 N–H and O–H groups in total. The Balaban J connectivity index is 1.17. The van der Waals surface area contributed by atoms with E-state index in [1.54, 1.807) is 12.4 Å². The Morgan fingerprint density at radius 3 is 2.51 bits per heavy atom. The second kappa shape index (κ2) is 10.3. The van der Waals surface area contributed by atoms with E-state index < -0.39 is 0 Å². The molecule has 0 radical (unpaired) electrons. The van der Waals surface area contributed by atoms with E-state index >= 15 is 0 Å². The fourth-order valence-electron chi connectivity index (χ4n) is 5.32. The number of aryl methyl sites for hydroxylation is 1. The van der Waals surface area contributed by atoms with Crippen LogP contribution in [0, 0.1) is 0 Å². The number of nitrogens with zero attached hydrogens (tertiary/aromatic N) is 4. The van der Waals surface area contributed by atoms with Crippen molar-refractivity contribution in [1.82, 2.24) is 24.8 Å². The quantitative estimate of drug-likeness (QED) is 0.318. The summed E-state index contributed by atoms with van der Waals surface area (Å²) in [4.78, 5) is 32.4. The number of para-hydroxylation sites is 1. The lowest BCUT2D eigenvalue weighted by atomic mass is 9.88. The van der Waals surface area contributed by atoms with Gasteiger partial charge in [0.15, 0.2) is 5.82 Å². The zero-order chi connectivity index (χ0) is 25.0. The first kappa shape index (κ1) is 23.1. The van der Waals surface area contributed by atoms with Gasteiger partial charge in [0.2, 0.25) is 5.91 Å². The maximum atomic E-state index is 13.1. The number of carbonyl (C=O) groups excluding carboxylic acids is 1. The number of hydrogen-bond donors (Lipinski definition) is 1. The van der Waals surface area contributed by atoms with Crippen molar-refractivity contribution in [3.05, 3.63) is 103 Å². The van der Waals surface area contributed by atoms with E-state index in [0.717, 1.165) is 60.3 Å². The van der Waals surface area contributed by atoms with E-state index in [0.29, 0.717) is 12.2 Å². The molecule has 0 bridgehead atoms. The Bertz CT molecular complexity index is 1500. The second-order valence-electron chi connectivity index (χ2n) is 9.61. The largest absolute Gasteiger partial charge is 0.361 e. The summed E-state index contributed by atoms with van der Waals surface area (Å²) in [6, 6.07) is 22.5. The third-order valence-corrected chi connectivity index (χ3v) is 7.34. The number of aromatic nitrogens is 4. The molecule has 5 aromatic rings. The van der Waals surface area contributed by atoms with E-state index in [9.17, 15) is 4.79 Å². The van der Waals surface area contributed by atoms with Crippen molar-refractivity contribution in [2.45, 2.75) is 31.6 Å². The molecule has 6 heteroatoms. The number of rotatable bonds is 6. The van der Waals surface area contributed by atoms with Gasteiger partial charge in [0.1, 0.15) is 0 Å². The molecule has 1 aliphatic rings. The average molecular weight is 488 g/mol. The minimum Gasteiger partial charge on any atom is -0.361 e. The normalized spacial score (nSPS) is 14.2. The Morgan fingerprint density at radius 1 is 0.919 bits per heavy atom. The minimum atomic E-state index is 0.228. The number of carbonyl (C=O) groups is 1. The summed E-state index contributed by atoms with van der Waals surface area (Å²) in [6.45, 7) is 1.50. The van der Waals surface area contributed by atoms with Gasteiger partial charge in [-0.05, 0) is 48.6 Å². The van der Waals surface area contributed by atoms with Crippen molar-refractivity contribution in [3.8, 4) is 22.5 Å². The molecular formula is C31H29N5O. The first-order valence-electron chi connectivity index (χ1n) is 12.9. The van der Waals surface area contributed by atoms with Crippen LogP contribution in [0.5, 0.6) is 0 Å². The van der Waals surface area contributed by atoms with Crippen molar-refractivity contribution in [2.24, 2.45) is 0 Å². The zero-order valence-electron chi connectivity index (χ0n) is 20.7. The highest BCUT2D eigenvalue weighted by atomic mass is 16.2. The van der Waals surface area contributed by atoms with Crippen LogP contribution in [-0.4, -0.2) is 43.8 Å². The summed E-state index contributed by atoms with van der Waals surface area (Å²) in [5.74, 6) is 1.19. The Hall–Kier alpha value is -4.32. The van der Waals surface area contributed by atoms with E-state index in [1.165, 1.54) is 10.9 Å². The Labute approximate surface area is 216 Å². The van der Waals surface area contributed by atoms with Gasteiger partial charge in [0.25, 0.3) is 0 Å². The fraction of sp³-hybridized carbons (Fsp3) is 0.226. The molecule has 0 spiro atoms. The number of H-pyrrole nitrogens is 1. The minimum absolute atomic E-state index is 0.228. The number of pyridine rings is 1. The van der Waals surface area contributed by atoms with Gasteiger partial charge in [-0.1, -0.05) is 48.5 Å². The number of likely N-dealkylation sites (tertiary alicyclic amines) is 1. The molecule has 6 rings (SSSR count). The van der Waals surface area contributed by atoms with Gasteiger partial charge in [0.05, 0.1) is 5.69 Å². The molecule has 1 amide bonds. The third-order valence-electron chi connectivity index (χ3n) is 7.34. The molecule has 184 valence electrons. The molecule has 3 aromatic heterocycles. The van der Waals surface area contributed by atoms with Crippen molar-refractivity contribution in [1.29, 1.82) is 0 Å². The zero-order valence-corrected chi connectivity index (χ0v) is 20.7. The van der Waals surface area contributed by atoms with Crippen LogP contribution >= 0.6 is 0 Å². The van der Waals surface area contributed by atoms with Crippen LogP contribution < -0.4 is 0 Å². The van der Waals surface area contributed by atoms with Crippen LogP contribution in [0.1, 0.15) is 36.4 Å². The lowest BCUT2D eigenvalue weighted by Crippen LogP contribution is -2.38. The van der Waals surface area contributed by atoms with Gasteiger partial charge in [0, 0.05) is 72.2 Å². The molecule has 2 aromatic carbocycles. The number of fused-ring (bicyclic) bond motifs is 1. The van der Waals surface area contributed by atoms with Crippen LogP contribution in [0.25, 0.3) is 33.4 Å². The predicted molar refractivity (Wildman–Crippen MR) is 146 cm³/mol. The number of amides is 1. The lowest BCUT2D eigenvalue weighted by molar-refractivity contribution is -0.132. The van der Waals surface area contributed by atoms with Gasteiger partial charge in [-0.15, -0.1) is 0 Å². The molecule has 6 nitrogen and oxygen atoms in total. The van der Waals surface area contributed by atoms with Crippen molar-refractivity contribution in [3.63, 3.8) is 0 Å². The highest BCUT2D eigenvalue weighted by Gasteiger charge is 2.27. The summed E-state index contributed by atoms with van der Waals surface area (Å²) in [5.41, 5.74) is 6.48. The second-order valence-corrected chi connectivity index (χ2v) is 9.61. The smallest absolute Gasteiger partial charge is 0.222 e. The summed E-state index contributed by atoms with van der Waals surface area (Å²) >= 11 is 0. The summed E-state index contributed by atoms with van der Waals surface area (Å²) in [7, 11) is 0. The molecule has 4 heterocycles. The first-order valence-corrected chi connectivity index (χ1v) is 12.9. The number of hydrogen-bond acceptors (Lipinski definition) is 4. The van der Waals surface area contributed by atoms with Crippen LogP contribution in [0.4, 0.5) is 0 Å². The van der Waals surface area contributed by atoms with Crippen LogP contribution in [0.3, 0.4) is 0 Å². The maximum Gasteiger partial charge on any atom is 0.222 e. The summed E-state index contributed by atoms with van der Waals surface area (Å²) < 4.78 is 0. The van der Waals surface area contributed by atoms with Gasteiger partial charge in [-0.3, -0.25) is 9.78 Å². The number of benzene rings is 2. The molecule has 0 aliphatic carbocycles. The SMILES string of the molecule is O=C(CCc1c[nH]c2ccccc12)N1CCC(c2nc(-c3cccnc3)ncc2-c2ccccc2)CC1. The van der Waals surface area contributed by atoms with Crippen molar-refractivity contribution < 1.29 is 4.79 Å². The molecule has 0 saturated carbocycles. The summed E-state index contributed by atoms with van der Waals surface area (Å²) in [5, 5.41) is 1.20. The van der Waals surface area contributed by atoms with Gasteiger partial charge in [-0.2, -0.15) is 0 Å². The van der Waals surface area contributed by atoms with Crippen molar-refractivity contribution >= 4 is 16.8 Å². The van der Waals surface area contributed by atoms with Crippen LogP contribution in [-0.2, 0) is 11.2 Å². The number of piperidine rings is 1. The van der Waals surface area contributed by atoms with E-state index in [-0.39, 0.29) is 11.8 Å².